The maximum Gasteiger partial charge on any atom is 0.397 e. The summed E-state index contributed by atoms with van der Waals surface area (Å²) in [4.78, 5) is 0. The van der Waals surface area contributed by atoms with Gasteiger partial charge in [0.25, 0.3) is 0 Å². The van der Waals surface area contributed by atoms with Gasteiger partial charge in [0.1, 0.15) is 6.10 Å². The molecular weight excluding hydrogens is 240 g/mol. The summed E-state index contributed by atoms with van der Waals surface area (Å²) in [5.74, 6) is 0. The molecule has 1 unspecified atom stereocenters. The smallest absolute Gasteiger partial charge is 0.264 e. The van der Waals surface area contributed by atoms with E-state index < -0.39 is 33.5 Å². The summed E-state index contributed by atoms with van der Waals surface area (Å²) < 4.78 is 64.8. The molecule has 0 aromatic heterocycles. The first-order chi connectivity index (χ1) is 6.14. The largest absolute Gasteiger partial charge is 0.397 e. The van der Waals surface area contributed by atoms with Gasteiger partial charge in [0.15, 0.2) is 0 Å². The number of hydrogen-bond acceptors (Lipinski definition) is 6. The predicted molar refractivity (Wildman–Crippen MR) is 44.2 cm³/mol. The Kier molecular flexibility index (Phi) is 4.91. The van der Waals surface area contributed by atoms with Crippen molar-refractivity contribution in [3.8, 4) is 0 Å². The van der Waals surface area contributed by atoms with Gasteiger partial charge in [-0.2, -0.15) is 16.8 Å². The Morgan fingerprint density at radius 1 is 1.14 bits per heavy atom. The van der Waals surface area contributed by atoms with Crippen LogP contribution >= 0.6 is 0 Å². The molecule has 8 nitrogen and oxygen atoms in total. The molecule has 0 rings (SSSR count). The highest BCUT2D eigenvalue weighted by atomic mass is 32.3. The van der Waals surface area contributed by atoms with Crippen molar-refractivity contribution in [2.75, 3.05) is 6.61 Å². The van der Waals surface area contributed by atoms with Gasteiger partial charge >= 0.3 is 20.8 Å². The van der Waals surface area contributed by atoms with Gasteiger partial charge in [-0.1, -0.05) is 6.92 Å². The summed E-state index contributed by atoms with van der Waals surface area (Å²) in [5.41, 5.74) is 0. The Balaban J connectivity index is 4.19. The topological polar surface area (TPSA) is 127 Å². The molecule has 0 aliphatic carbocycles. The van der Waals surface area contributed by atoms with Crippen LogP contribution in [0.3, 0.4) is 0 Å². The summed E-state index contributed by atoms with van der Waals surface area (Å²) in [5, 5.41) is 0. The van der Waals surface area contributed by atoms with Gasteiger partial charge in [-0.25, -0.2) is 8.37 Å². The maximum absolute atomic E-state index is 10.2. The van der Waals surface area contributed by atoms with Crippen LogP contribution < -0.4 is 0 Å². The van der Waals surface area contributed by atoms with Gasteiger partial charge in [0, 0.05) is 0 Å². The first-order valence-corrected chi connectivity index (χ1v) is 6.14. The minimum absolute atomic E-state index is 0.0787. The quantitative estimate of drug-likeness (QED) is 0.598. The lowest BCUT2D eigenvalue weighted by Gasteiger charge is -2.11. The van der Waals surface area contributed by atoms with Crippen LogP contribution in [0.4, 0.5) is 0 Å². The van der Waals surface area contributed by atoms with E-state index in [-0.39, 0.29) is 6.42 Å². The van der Waals surface area contributed by atoms with E-state index in [9.17, 15) is 16.8 Å². The van der Waals surface area contributed by atoms with E-state index in [1.165, 1.54) is 6.92 Å². The summed E-state index contributed by atoms with van der Waals surface area (Å²) in [6, 6.07) is 0. The van der Waals surface area contributed by atoms with Gasteiger partial charge in [0.05, 0.1) is 6.61 Å². The maximum atomic E-state index is 10.2. The first kappa shape index (κ1) is 13.7. The van der Waals surface area contributed by atoms with Crippen LogP contribution in [0.1, 0.15) is 13.3 Å². The van der Waals surface area contributed by atoms with E-state index in [0.717, 1.165) is 0 Å². The van der Waals surface area contributed by atoms with E-state index >= 15 is 0 Å². The molecule has 0 fully saturated rings. The average Bonchev–Trinajstić information content (AvgIpc) is 1.94. The fourth-order valence-electron chi connectivity index (χ4n) is 0.548. The molecule has 0 saturated carbocycles. The minimum Gasteiger partial charge on any atom is -0.264 e. The third-order valence-electron chi connectivity index (χ3n) is 1.12. The highest BCUT2D eigenvalue weighted by molar-refractivity contribution is 7.81. The lowest BCUT2D eigenvalue weighted by atomic mass is 10.3. The Bertz CT molecular complexity index is 353. The van der Waals surface area contributed by atoms with Crippen LogP contribution in [-0.4, -0.2) is 38.7 Å². The molecule has 0 heterocycles. The van der Waals surface area contributed by atoms with Gasteiger partial charge in [-0.05, 0) is 6.42 Å². The second-order valence-electron chi connectivity index (χ2n) is 2.27. The summed E-state index contributed by atoms with van der Waals surface area (Å²) in [6.45, 7) is 0.776. The van der Waals surface area contributed by atoms with Crippen LogP contribution in [0.15, 0.2) is 0 Å². The molecule has 14 heavy (non-hydrogen) atoms. The summed E-state index contributed by atoms with van der Waals surface area (Å²) >= 11 is 0. The van der Waals surface area contributed by atoms with Crippen LogP contribution in [0.5, 0.6) is 0 Å². The minimum atomic E-state index is -4.66. The van der Waals surface area contributed by atoms with Crippen LogP contribution in [0.2, 0.25) is 0 Å². The Labute approximate surface area is 81.7 Å². The third kappa shape index (κ3) is 8.34. The molecule has 0 spiro atoms. The average molecular weight is 250 g/mol. The van der Waals surface area contributed by atoms with Gasteiger partial charge < -0.3 is 0 Å². The molecule has 0 aliphatic rings. The number of hydrogen-bond donors (Lipinski definition) is 2. The van der Waals surface area contributed by atoms with Crippen LogP contribution in [0.25, 0.3) is 0 Å². The molecule has 0 aromatic rings. The van der Waals surface area contributed by atoms with Crippen molar-refractivity contribution in [3.05, 3.63) is 0 Å². The standard InChI is InChI=1S/C4H10O8S2/c1-2-4(12-14(8,9)10)3-11-13(5,6)7/h4H,2-3H2,1H3,(H,5,6,7)(H,8,9,10). The normalized spacial score (nSPS) is 15.4. The van der Waals surface area contributed by atoms with Crippen molar-refractivity contribution in [3.63, 3.8) is 0 Å². The molecule has 86 valence electrons. The van der Waals surface area contributed by atoms with Crippen LogP contribution in [0, 0.1) is 0 Å². The zero-order valence-electron chi connectivity index (χ0n) is 7.15. The van der Waals surface area contributed by atoms with Crippen LogP contribution in [-0.2, 0) is 29.2 Å². The molecule has 0 radical (unpaired) electrons. The van der Waals surface area contributed by atoms with Crippen molar-refractivity contribution in [1.82, 2.24) is 0 Å². The molecule has 0 aromatic carbocycles. The van der Waals surface area contributed by atoms with Gasteiger partial charge in [0.2, 0.25) is 0 Å². The molecule has 0 aliphatic heterocycles. The fourth-order valence-corrected chi connectivity index (χ4v) is 1.41. The first-order valence-electron chi connectivity index (χ1n) is 3.41. The molecular formula is C4H10O8S2. The lowest BCUT2D eigenvalue weighted by molar-refractivity contribution is 0.112. The third-order valence-corrected chi connectivity index (χ3v) is 2.07. The molecule has 0 amide bonds. The van der Waals surface area contributed by atoms with Gasteiger partial charge in [-0.15, -0.1) is 0 Å². The van der Waals surface area contributed by atoms with E-state index in [1.807, 2.05) is 0 Å². The second-order valence-corrected chi connectivity index (χ2v) is 4.41. The van der Waals surface area contributed by atoms with Crippen molar-refractivity contribution in [2.45, 2.75) is 19.4 Å². The molecule has 1 atom stereocenters. The Morgan fingerprint density at radius 3 is 1.93 bits per heavy atom. The summed E-state index contributed by atoms with van der Waals surface area (Å²) in [7, 11) is -9.30. The molecule has 0 saturated heterocycles. The zero-order valence-corrected chi connectivity index (χ0v) is 8.78. The van der Waals surface area contributed by atoms with Crippen molar-refractivity contribution < 1.29 is 34.3 Å². The summed E-state index contributed by atoms with van der Waals surface area (Å²) in [6.07, 6.45) is -1.10. The van der Waals surface area contributed by atoms with E-state index in [1.54, 1.807) is 0 Å². The molecule has 2 N–H and O–H groups in total. The number of rotatable bonds is 6. The Hall–Kier alpha value is -0.260. The second kappa shape index (κ2) is 5.00. The molecule has 0 bridgehead atoms. The van der Waals surface area contributed by atoms with E-state index in [4.69, 9.17) is 9.11 Å². The monoisotopic (exact) mass is 250 g/mol. The van der Waals surface area contributed by atoms with E-state index in [2.05, 4.69) is 8.37 Å². The lowest BCUT2D eigenvalue weighted by Crippen LogP contribution is -2.24. The predicted octanol–water partition coefficient (Wildman–Crippen LogP) is -0.596. The van der Waals surface area contributed by atoms with Gasteiger partial charge in [-0.3, -0.25) is 9.11 Å². The highest BCUT2D eigenvalue weighted by Crippen LogP contribution is 2.04. The van der Waals surface area contributed by atoms with Crippen molar-refractivity contribution in [2.24, 2.45) is 0 Å². The van der Waals surface area contributed by atoms with Crippen molar-refractivity contribution in [1.29, 1.82) is 0 Å². The fraction of sp³-hybridized carbons (Fsp3) is 1.00. The van der Waals surface area contributed by atoms with E-state index in [0.29, 0.717) is 0 Å². The highest BCUT2D eigenvalue weighted by Gasteiger charge is 2.18. The SMILES string of the molecule is CCC(COS(=O)(=O)O)OS(=O)(=O)O. The molecule has 10 heteroatoms. The Morgan fingerprint density at radius 2 is 1.64 bits per heavy atom. The zero-order chi connectivity index (χ0) is 11.4. The van der Waals surface area contributed by atoms with Crippen molar-refractivity contribution >= 4 is 20.8 Å².